The minimum atomic E-state index is 0.0606. The number of ketones is 1. The van der Waals surface area contributed by atoms with Crippen LogP contribution in [0.4, 0.5) is 0 Å². The first-order valence-corrected chi connectivity index (χ1v) is 7.42. The van der Waals surface area contributed by atoms with Gasteiger partial charge in [0.05, 0.1) is 7.11 Å². The van der Waals surface area contributed by atoms with Gasteiger partial charge < -0.3 is 4.74 Å². The SMILES string of the molecule is COc1ccc(C(=O)C2C(C)(C)C2(C)C)c2ccccc12. The van der Waals surface area contributed by atoms with E-state index in [1.807, 2.05) is 36.4 Å². The molecule has 2 heteroatoms. The van der Waals surface area contributed by atoms with Crippen molar-refractivity contribution in [2.24, 2.45) is 16.7 Å². The second-order valence-corrected chi connectivity index (χ2v) is 7.10. The predicted molar refractivity (Wildman–Crippen MR) is 85.9 cm³/mol. The summed E-state index contributed by atoms with van der Waals surface area (Å²) in [7, 11) is 1.66. The number of benzene rings is 2. The molecule has 110 valence electrons. The molecule has 0 aromatic heterocycles. The molecule has 3 rings (SSSR count). The van der Waals surface area contributed by atoms with Gasteiger partial charge in [0.2, 0.25) is 0 Å². The lowest BCUT2D eigenvalue weighted by atomic mass is 9.95. The molecule has 0 heterocycles. The molecule has 0 bridgehead atoms. The average Bonchev–Trinajstić information content (AvgIpc) is 2.86. The Balaban J connectivity index is 2.13. The van der Waals surface area contributed by atoms with Crippen LogP contribution in [0, 0.1) is 16.7 Å². The molecule has 0 unspecified atom stereocenters. The van der Waals surface area contributed by atoms with Crippen LogP contribution in [0.2, 0.25) is 0 Å². The zero-order chi connectivity index (χ0) is 15.4. The third kappa shape index (κ3) is 1.81. The van der Waals surface area contributed by atoms with Crippen LogP contribution in [-0.4, -0.2) is 12.9 Å². The van der Waals surface area contributed by atoms with Gasteiger partial charge in [0.1, 0.15) is 5.75 Å². The Labute approximate surface area is 126 Å². The Bertz CT molecular complexity index is 711. The Kier molecular flexibility index (Phi) is 2.91. The number of fused-ring (bicyclic) bond motifs is 1. The minimum absolute atomic E-state index is 0.0606. The van der Waals surface area contributed by atoms with Crippen molar-refractivity contribution >= 4 is 16.6 Å². The van der Waals surface area contributed by atoms with E-state index >= 15 is 0 Å². The van der Waals surface area contributed by atoms with Crippen LogP contribution < -0.4 is 4.74 Å². The lowest BCUT2D eigenvalue weighted by Gasteiger charge is -2.10. The van der Waals surface area contributed by atoms with Crippen molar-refractivity contribution in [3.8, 4) is 5.75 Å². The maximum atomic E-state index is 13.0. The van der Waals surface area contributed by atoms with Gasteiger partial charge in [-0.1, -0.05) is 52.0 Å². The summed E-state index contributed by atoms with van der Waals surface area (Å²) in [5.74, 6) is 1.15. The molecular weight excluding hydrogens is 260 g/mol. The van der Waals surface area contributed by atoms with Crippen LogP contribution >= 0.6 is 0 Å². The van der Waals surface area contributed by atoms with Gasteiger partial charge in [0.25, 0.3) is 0 Å². The van der Waals surface area contributed by atoms with Crippen molar-refractivity contribution < 1.29 is 9.53 Å². The summed E-state index contributed by atoms with van der Waals surface area (Å²) in [6.45, 7) is 8.73. The lowest BCUT2D eigenvalue weighted by Crippen LogP contribution is -2.08. The lowest BCUT2D eigenvalue weighted by molar-refractivity contribution is 0.0947. The van der Waals surface area contributed by atoms with Crippen LogP contribution in [0.3, 0.4) is 0 Å². The molecular formula is C19H22O2. The van der Waals surface area contributed by atoms with E-state index in [9.17, 15) is 4.79 Å². The molecule has 2 nitrogen and oxygen atoms in total. The number of Topliss-reactive ketones (excluding diaryl/α,β-unsaturated/α-hetero) is 1. The van der Waals surface area contributed by atoms with Crippen LogP contribution in [0.1, 0.15) is 38.1 Å². The number of rotatable bonds is 3. The van der Waals surface area contributed by atoms with Crippen molar-refractivity contribution in [1.82, 2.24) is 0 Å². The van der Waals surface area contributed by atoms with Crippen LogP contribution in [0.5, 0.6) is 5.75 Å². The first kappa shape index (κ1) is 14.1. The smallest absolute Gasteiger partial charge is 0.167 e. The van der Waals surface area contributed by atoms with Gasteiger partial charge in [-0.3, -0.25) is 4.79 Å². The third-order valence-electron chi connectivity index (χ3n) is 5.65. The first-order valence-electron chi connectivity index (χ1n) is 7.42. The van der Waals surface area contributed by atoms with Gasteiger partial charge in [-0.25, -0.2) is 0 Å². The summed E-state index contributed by atoms with van der Waals surface area (Å²) in [5, 5.41) is 1.99. The fraction of sp³-hybridized carbons (Fsp3) is 0.421. The Morgan fingerprint density at radius 3 is 2.05 bits per heavy atom. The van der Waals surface area contributed by atoms with Gasteiger partial charge in [0.15, 0.2) is 5.78 Å². The van der Waals surface area contributed by atoms with Gasteiger partial charge in [-0.15, -0.1) is 0 Å². The van der Waals surface area contributed by atoms with E-state index in [1.54, 1.807) is 7.11 Å². The maximum absolute atomic E-state index is 13.0. The van der Waals surface area contributed by atoms with E-state index < -0.39 is 0 Å². The molecule has 0 atom stereocenters. The fourth-order valence-electron chi connectivity index (χ4n) is 3.67. The van der Waals surface area contributed by atoms with E-state index in [2.05, 4.69) is 27.7 Å². The van der Waals surface area contributed by atoms with Crippen LogP contribution in [0.15, 0.2) is 36.4 Å². The molecule has 0 amide bonds. The number of carbonyl (C=O) groups excluding carboxylic acids is 1. The Morgan fingerprint density at radius 1 is 0.952 bits per heavy atom. The summed E-state index contributed by atoms with van der Waals surface area (Å²) in [6, 6.07) is 11.8. The highest BCUT2D eigenvalue weighted by Crippen LogP contribution is 2.69. The minimum Gasteiger partial charge on any atom is -0.496 e. The summed E-state index contributed by atoms with van der Waals surface area (Å²) < 4.78 is 5.41. The molecule has 1 saturated carbocycles. The molecule has 2 aromatic carbocycles. The van der Waals surface area contributed by atoms with E-state index in [0.717, 1.165) is 22.1 Å². The van der Waals surface area contributed by atoms with Gasteiger partial charge >= 0.3 is 0 Å². The normalized spacial score (nSPS) is 19.5. The maximum Gasteiger partial charge on any atom is 0.167 e. The molecule has 1 aliphatic carbocycles. The topological polar surface area (TPSA) is 26.3 Å². The summed E-state index contributed by atoms with van der Waals surface area (Å²) in [4.78, 5) is 13.0. The summed E-state index contributed by atoms with van der Waals surface area (Å²) in [6.07, 6.45) is 0. The molecule has 2 aromatic rings. The predicted octanol–water partition coefficient (Wildman–Crippen LogP) is 4.71. The Hall–Kier alpha value is -1.83. The monoisotopic (exact) mass is 282 g/mol. The molecule has 21 heavy (non-hydrogen) atoms. The first-order chi connectivity index (χ1) is 9.82. The zero-order valence-corrected chi connectivity index (χ0v) is 13.4. The van der Waals surface area contributed by atoms with E-state index in [1.165, 1.54) is 0 Å². The molecule has 0 aliphatic heterocycles. The standard InChI is InChI=1S/C19H22O2/c1-18(2)17(19(18,3)4)16(20)14-10-11-15(21-5)13-9-7-6-8-12(13)14/h6-11,17H,1-5H3. The zero-order valence-electron chi connectivity index (χ0n) is 13.4. The highest BCUT2D eigenvalue weighted by atomic mass is 16.5. The second-order valence-electron chi connectivity index (χ2n) is 7.10. The molecule has 1 aliphatic rings. The average molecular weight is 282 g/mol. The third-order valence-corrected chi connectivity index (χ3v) is 5.65. The van der Waals surface area contributed by atoms with Gasteiger partial charge in [-0.05, 0) is 28.3 Å². The molecule has 0 saturated heterocycles. The van der Waals surface area contributed by atoms with Crippen molar-refractivity contribution in [1.29, 1.82) is 0 Å². The van der Waals surface area contributed by atoms with Gasteiger partial charge in [0, 0.05) is 16.9 Å². The number of methoxy groups -OCH3 is 1. The molecule has 1 fully saturated rings. The number of hydrogen-bond acceptors (Lipinski definition) is 2. The van der Waals surface area contributed by atoms with E-state index in [0.29, 0.717) is 0 Å². The molecule has 0 spiro atoms. The molecule has 0 N–H and O–H groups in total. The van der Waals surface area contributed by atoms with E-state index in [-0.39, 0.29) is 22.5 Å². The Morgan fingerprint density at radius 2 is 1.52 bits per heavy atom. The summed E-state index contributed by atoms with van der Waals surface area (Å²) in [5.41, 5.74) is 0.936. The van der Waals surface area contributed by atoms with Crippen molar-refractivity contribution in [2.75, 3.05) is 7.11 Å². The van der Waals surface area contributed by atoms with Crippen molar-refractivity contribution in [3.63, 3.8) is 0 Å². The number of carbonyl (C=O) groups is 1. The van der Waals surface area contributed by atoms with Crippen molar-refractivity contribution in [2.45, 2.75) is 27.7 Å². The van der Waals surface area contributed by atoms with Crippen LogP contribution in [-0.2, 0) is 0 Å². The summed E-state index contributed by atoms with van der Waals surface area (Å²) >= 11 is 0. The highest BCUT2D eigenvalue weighted by Gasteiger charge is 2.67. The number of hydrogen-bond donors (Lipinski definition) is 0. The second kappa shape index (κ2) is 4.33. The van der Waals surface area contributed by atoms with Crippen LogP contribution in [0.25, 0.3) is 10.8 Å². The van der Waals surface area contributed by atoms with Gasteiger partial charge in [-0.2, -0.15) is 0 Å². The van der Waals surface area contributed by atoms with Crippen molar-refractivity contribution in [3.05, 3.63) is 42.0 Å². The highest BCUT2D eigenvalue weighted by molar-refractivity contribution is 6.12. The quantitative estimate of drug-likeness (QED) is 0.762. The van der Waals surface area contributed by atoms with E-state index in [4.69, 9.17) is 4.74 Å². The number of ether oxygens (including phenoxy) is 1. The largest absolute Gasteiger partial charge is 0.496 e. The fourth-order valence-corrected chi connectivity index (χ4v) is 3.67. The molecule has 0 radical (unpaired) electrons.